The summed E-state index contributed by atoms with van der Waals surface area (Å²) in [6.07, 6.45) is 1.36. The number of aromatic nitrogens is 1. The van der Waals surface area contributed by atoms with Crippen molar-refractivity contribution in [3.05, 3.63) is 39.8 Å². The van der Waals surface area contributed by atoms with E-state index >= 15 is 0 Å². The number of halogens is 1. The lowest BCUT2D eigenvalue weighted by molar-refractivity contribution is -0.383. The second-order valence-electron chi connectivity index (χ2n) is 4.46. The van der Waals surface area contributed by atoms with Gasteiger partial charge in [-0.05, 0) is 11.6 Å². The molecule has 7 nitrogen and oxygen atoms in total. The lowest BCUT2D eigenvalue weighted by Crippen LogP contribution is -2.32. The lowest BCUT2D eigenvalue weighted by Gasteiger charge is -2.05. The fourth-order valence-electron chi connectivity index (χ4n) is 2.21. The normalized spacial score (nSPS) is 12.6. The van der Waals surface area contributed by atoms with Gasteiger partial charge in [0.1, 0.15) is 17.4 Å². The van der Waals surface area contributed by atoms with Crippen molar-refractivity contribution in [3.8, 4) is 0 Å². The summed E-state index contributed by atoms with van der Waals surface area (Å²) in [6.45, 7) is 0. The molecule has 8 heteroatoms. The minimum absolute atomic E-state index is 0.0402. The Morgan fingerprint density at radius 1 is 1.60 bits per heavy atom. The van der Waals surface area contributed by atoms with Gasteiger partial charge >= 0.3 is 5.97 Å². The van der Waals surface area contributed by atoms with Crippen molar-refractivity contribution in [1.82, 2.24) is 4.57 Å². The molecule has 2 aromatic rings. The van der Waals surface area contributed by atoms with Crippen molar-refractivity contribution in [3.63, 3.8) is 0 Å². The number of hydrogen-bond donors (Lipinski definition) is 2. The Balaban J connectivity index is 2.67. The van der Waals surface area contributed by atoms with Gasteiger partial charge in [-0.1, -0.05) is 0 Å². The minimum Gasteiger partial charge on any atom is -0.480 e. The predicted octanol–water partition coefficient (Wildman–Crippen LogP) is 1.18. The van der Waals surface area contributed by atoms with Crippen LogP contribution in [0.3, 0.4) is 0 Å². The number of carboxylic acid groups (broad SMARTS) is 1. The highest BCUT2D eigenvalue weighted by Crippen LogP contribution is 2.31. The van der Waals surface area contributed by atoms with Gasteiger partial charge in [0.15, 0.2) is 0 Å². The molecule has 0 bridgehead atoms. The maximum absolute atomic E-state index is 13.9. The number of carbonyl (C=O) groups is 1. The highest BCUT2D eigenvalue weighted by atomic mass is 19.1. The molecule has 0 aliphatic heterocycles. The third-order valence-electron chi connectivity index (χ3n) is 3.08. The van der Waals surface area contributed by atoms with Crippen LogP contribution in [0.5, 0.6) is 0 Å². The Bertz CT molecular complexity index is 710. The first-order valence-electron chi connectivity index (χ1n) is 5.72. The number of non-ortho nitro benzene ring substituents is 1. The van der Waals surface area contributed by atoms with Crippen LogP contribution in [-0.2, 0) is 18.3 Å². The van der Waals surface area contributed by atoms with E-state index in [-0.39, 0.29) is 23.0 Å². The molecule has 2 rings (SSSR count). The molecule has 0 aliphatic rings. The van der Waals surface area contributed by atoms with Crippen molar-refractivity contribution in [2.24, 2.45) is 12.8 Å². The molecule has 1 atom stereocenters. The fraction of sp³-hybridized carbons (Fsp3) is 0.250. The van der Waals surface area contributed by atoms with Crippen LogP contribution in [-0.4, -0.2) is 26.6 Å². The summed E-state index contributed by atoms with van der Waals surface area (Å²) in [4.78, 5) is 21.1. The summed E-state index contributed by atoms with van der Waals surface area (Å²) in [6, 6.07) is 0.883. The van der Waals surface area contributed by atoms with Gasteiger partial charge < -0.3 is 15.4 Å². The van der Waals surface area contributed by atoms with E-state index in [0.29, 0.717) is 5.56 Å². The molecular formula is C12H12FN3O4. The van der Waals surface area contributed by atoms with E-state index in [9.17, 15) is 19.3 Å². The topological polar surface area (TPSA) is 111 Å². The van der Waals surface area contributed by atoms with Gasteiger partial charge in [-0.3, -0.25) is 14.9 Å². The fourth-order valence-corrected chi connectivity index (χ4v) is 2.21. The number of nitro groups is 1. The first kappa shape index (κ1) is 13.9. The standard InChI is InChI=1S/C12H12FN3O4/c1-15-5-6(4-8(14)12(17)18)10-7(13)2-3-9(11(10)15)16(19)20/h2-3,5,8H,4,14H2,1H3,(H,17,18). The van der Waals surface area contributed by atoms with E-state index in [1.807, 2.05) is 0 Å². The van der Waals surface area contributed by atoms with Gasteiger partial charge in [0.2, 0.25) is 0 Å². The molecule has 0 radical (unpaired) electrons. The Labute approximate surface area is 112 Å². The average Bonchev–Trinajstić information content (AvgIpc) is 2.67. The maximum atomic E-state index is 13.9. The van der Waals surface area contributed by atoms with Crippen LogP contribution in [0, 0.1) is 15.9 Å². The zero-order chi connectivity index (χ0) is 15.0. The number of hydrogen-bond acceptors (Lipinski definition) is 4. The van der Waals surface area contributed by atoms with E-state index in [1.165, 1.54) is 17.8 Å². The zero-order valence-electron chi connectivity index (χ0n) is 10.5. The Morgan fingerprint density at radius 3 is 2.80 bits per heavy atom. The average molecular weight is 281 g/mol. The number of nitrogens with zero attached hydrogens (tertiary/aromatic N) is 2. The molecule has 1 unspecified atom stereocenters. The number of carboxylic acids is 1. The molecule has 0 amide bonds. The second-order valence-corrected chi connectivity index (χ2v) is 4.46. The number of benzene rings is 1. The highest BCUT2D eigenvalue weighted by Gasteiger charge is 2.23. The van der Waals surface area contributed by atoms with Crippen molar-refractivity contribution >= 4 is 22.6 Å². The van der Waals surface area contributed by atoms with E-state index in [4.69, 9.17) is 10.8 Å². The number of nitro benzene ring substituents is 1. The first-order chi connectivity index (χ1) is 9.32. The SMILES string of the molecule is Cn1cc(CC(N)C(=O)O)c2c(F)ccc([N+](=O)[O-])c21. The third kappa shape index (κ3) is 2.21. The summed E-state index contributed by atoms with van der Waals surface area (Å²) >= 11 is 0. The quantitative estimate of drug-likeness (QED) is 0.645. The van der Waals surface area contributed by atoms with Crippen LogP contribution in [0.15, 0.2) is 18.3 Å². The molecule has 0 saturated carbocycles. The van der Waals surface area contributed by atoms with Crippen LogP contribution in [0.2, 0.25) is 0 Å². The first-order valence-corrected chi connectivity index (χ1v) is 5.72. The molecule has 1 heterocycles. The smallest absolute Gasteiger partial charge is 0.320 e. The molecule has 0 fully saturated rings. The van der Waals surface area contributed by atoms with Gasteiger partial charge in [-0.25, -0.2) is 4.39 Å². The minimum atomic E-state index is -1.21. The van der Waals surface area contributed by atoms with Crippen molar-refractivity contribution in [2.45, 2.75) is 12.5 Å². The Morgan fingerprint density at radius 2 is 2.25 bits per heavy atom. The van der Waals surface area contributed by atoms with E-state index in [0.717, 1.165) is 12.1 Å². The van der Waals surface area contributed by atoms with Gasteiger partial charge in [-0.15, -0.1) is 0 Å². The van der Waals surface area contributed by atoms with Gasteiger partial charge in [0.25, 0.3) is 5.69 Å². The van der Waals surface area contributed by atoms with Crippen LogP contribution in [0.4, 0.5) is 10.1 Å². The summed E-state index contributed by atoms with van der Waals surface area (Å²) in [5.41, 5.74) is 5.64. The molecule has 0 aliphatic carbocycles. The van der Waals surface area contributed by atoms with Crippen LogP contribution >= 0.6 is 0 Å². The number of fused-ring (bicyclic) bond motifs is 1. The second kappa shape index (κ2) is 4.89. The van der Waals surface area contributed by atoms with Crippen molar-refractivity contribution in [2.75, 3.05) is 0 Å². The molecule has 20 heavy (non-hydrogen) atoms. The predicted molar refractivity (Wildman–Crippen MR) is 68.8 cm³/mol. The number of rotatable bonds is 4. The van der Waals surface area contributed by atoms with Gasteiger partial charge in [0.05, 0.1) is 4.92 Å². The molecule has 1 aromatic carbocycles. The van der Waals surface area contributed by atoms with Crippen molar-refractivity contribution in [1.29, 1.82) is 0 Å². The molecule has 0 saturated heterocycles. The molecule has 3 N–H and O–H groups in total. The Hall–Kier alpha value is -2.48. The lowest BCUT2D eigenvalue weighted by atomic mass is 10.0. The molecular weight excluding hydrogens is 269 g/mol. The molecule has 1 aromatic heterocycles. The zero-order valence-corrected chi connectivity index (χ0v) is 10.5. The highest BCUT2D eigenvalue weighted by molar-refractivity contribution is 5.92. The van der Waals surface area contributed by atoms with Gasteiger partial charge in [0, 0.05) is 31.1 Å². The summed E-state index contributed by atoms with van der Waals surface area (Å²) < 4.78 is 15.3. The number of nitrogens with two attached hydrogens (primary N) is 1. The van der Waals surface area contributed by atoms with Crippen LogP contribution < -0.4 is 5.73 Å². The van der Waals surface area contributed by atoms with Crippen LogP contribution in [0.1, 0.15) is 5.56 Å². The van der Waals surface area contributed by atoms with E-state index in [2.05, 4.69) is 0 Å². The van der Waals surface area contributed by atoms with E-state index < -0.39 is 22.8 Å². The summed E-state index contributed by atoms with van der Waals surface area (Å²) in [7, 11) is 1.53. The third-order valence-corrected chi connectivity index (χ3v) is 3.08. The number of aliphatic carboxylic acids is 1. The van der Waals surface area contributed by atoms with Gasteiger partial charge in [-0.2, -0.15) is 0 Å². The van der Waals surface area contributed by atoms with Crippen molar-refractivity contribution < 1.29 is 19.2 Å². The summed E-state index contributed by atoms with van der Waals surface area (Å²) in [5, 5.41) is 19.8. The molecule has 0 spiro atoms. The number of aryl methyl sites for hydroxylation is 1. The summed E-state index contributed by atoms with van der Waals surface area (Å²) in [5.74, 6) is -1.85. The monoisotopic (exact) mass is 281 g/mol. The Kier molecular flexibility index (Phi) is 3.41. The maximum Gasteiger partial charge on any atom is 0.320 e. The molecule has 106 valence electrons. The van der Waals surface area contributed by atoms with E-state index in [1.54, 1.807) is 0 Å². The van der Waals surface area contributed by atoms with Crippen LogP contribution in [0.25, 0.3) is 10.9 Å². The largest absolute Gasteiger partial charge is 0.480 e.